The van der Waals surface area contributed by atoms with Crippen molar-refractivity contribution >= 4 is 24.4 Å². The van der Waals surface area contributed by atoms with Gasteiger partial charge < -0.3 is 0 Å². The number of thiol groups is 1. The zero-order chi connectivity index (χ0) is 9.68. The third-order valence-electron chi connectivity index (χ3n) is 2.83. The highest BCUT2D eigenvalue weighted by Crippen LogP contribution is 2.18. The lowest BCUT2D eigenvalue weighted by Gasteiger charge is -2.35. The molecule has 13 heavy (non-hydrogen) atoms. The molecule has 1 saturated heterocycles. The van der Waals surface area contributed by atoms with Crippen molar-refractivity contribution in [2.45, 2.75) is 26.3 Å². The summed E-state index contributed by atoms with van der Waals surface area (Å²) in [7, 11) is 0. The fourth-order valence-electron chi connectivity index (χ4n) is 1.68. The van der Waals surface area contributed by atoms with Gasteiger partial charge in [0.25, 0.3) is 0 Å². The fraction of sp³-hybridized carbons (Fsp3) is 1.00. The van der Waals surface area contributed by atoms with Crippen molar-refractivity contribution in [3.8, 4) is 0 Å². The summed E-state index contributed by atoms with van der Waals surface area (Å²) in [6.07, 6.45) is 1.26. The highest BCUT2D eigenvalue weighted by Gasteiger charge is 2.20. The van der Waals surface area contributed by atoms with E-state index in [1.165, 1.54) is 31.0 Å². The Morgan fingerprint density at radius 1 is 1.62 bits per heavy atom. The normalized spacial score (nSPS) is 27.5. The standard InChI is InChI=1S/C10H21NS2/c1-3-10(7-12)6-11-4-5-13-8-9(11)2/h9-10,12H,3-8H2,1-2H3. The molecule has 2 unspecified atom stereocenters. The summed E-state index contributed by atoms with van der Waals surface area (Å²) in [5, 5.41) is 0. The van der Waals surface area contributed by atoms with E-state index in [1.54, 1.807) is 0 Å². The maximum Gasteiger partial charge on any atom is 0.0158 e. The summed E-state index contributed by atoms with van der Waals surface area (Å²) in [6.45, 7) is 7.14. The monoisotopic (exact) mass is 219 g/mol. The first kappa shape index (κ1) is 11.7. The summed E-state index contributed by atoms with van der Waals surface area (Å²) in [5.41, 5.74) is 0. The first-order chi connectivity index (χ1) is 6.27. The van der Waals surface area contributed by atoms with Gasteiger partial charge in [-0.25, -0.2) is 0 Å². The molecule has 3 heteroatoms. The Hall–Kier alpha value is 0.660. The van der Waals surface area contributed by atoms with Crippen LogP contribution in [0.1, 0.15) is 20.3 Å². The van der Waals surface area contributed by atoms with Gasteiger partial charge in [-0.2, -0.15) is 24.4 Å². The third-order valence-corrected chi connectivity index (χ3v) is 4.54. The predicted octanol–water partition coefficient (Wildman–Crippen LogP) is 2.38. The number of rotatable bonds is 4. The van der Waals surface area contributed by atoms with Crippen LogP contribution in [0, 0.1) is 5.92 Å². The number of nitrogens with zero attached hydrogens (tertiary/aromatic N) is 1. The van der Waals surface area contributed by atoms with Gasteiger partial charge in [-0.15, -0.1) is 0 Å². The van der Waals surface area contributed by atoms with Gasteiger partial charge in [0.15, 0.2) is 0 Å². The number of hydrogen-bond donors (Lipinski definition) is 1. The lowest BCUT2D eigenvalue weighted by molar-refractivity contribution is 0.201. The van der Waals surface area contributed by atoms with Crippen LogP contribution in [0.3, 0.4) is 0 Å². The molecular formula is C10H21NS2. The maximum atomic E-state index is 4.39. The van der Waals surface area contributed by atoms with Crippen molar-refractivity contribution in [2.24, 2.45) is 5.92 Å². The highest BCUT2D eigenvalue weighted by atomic mass is 32.2. The molecule has 0 spiro atoms. The average molecular weight is 219 g/mol. The van der Waals surface area contributed by atoms with Crippen LogP contribution in [0.25, 0.3) is 0 Å². The van der Waals surface area contributed by atoms with Gasteiger partial charge in [-0.1, -0.05) is 13.3 Å². The Labute approximate surface area is 92.1 Å². The van der Waals surface area contributed by atoms with Gasteiger partial charge in [0.05, 0.1) is 0 Å². The number of hydrogen-bond acceptors (Lipinski definition) is 3. The molecule has 0 aromatic rings. The van der Waals surface area contributed by atoms with Crippen molar-refractivity contribution in [1.82, 2.24) is 4.90 Å². The molecule has 0 N–H and O–H groups in total. The van der Waals surface area contributed by atoms with Crippen molar-refractivity contribution < 1.29 is 0 Å². The minimum Gasteiger partial charge on any atom is -0.299 e. The fourth-order valence-corrected chi connectivity index (χ4v) is 3.14. The van der Waals surface area contributed by atoms with Crippen molar-refractivity contribution in [3.05, 3.63) is 0 Å². The summed E-state index contributed by atoms with van der Waals surface area (Å²) in [5.74, 6) is 4.44. The Morgan fingerprint density at radius 3 is 2.92 bits per heavy atom. The molecule has 1 heterocycles. The van der Waals surface area contributed by atoms with Crippen LogP contribution in [-0.2, 0) is 0 Å². The van der Waals surface area contributed by atoms with Gasteiger partial charge >= 0.3 is 0 Å². The van der Waals surface area contributed by atoms with Crippen molar-refractivity contribution in [2.75, 3.05) is 30.3 Å². The zero-order valence-corrected chi connectivity index (χ0v) is 10.4. The van der Waals surface area contributed by atoms with E-state index in [-0.39, 0.29) is 0 Å². The maximum absolute atomic E-state index is 4.39. The minimum absolute atomic E-state index is 0.771. The molecule has 0 amide bonds. The highest BCUT2D eigenvalue weighted by molar-refractivity contribution is 7.99. The van der Waals surface area contributed by atoms with Gasteiger partial charge in [0.1, 0.15) is 0 Å². The molecule has 0 radical (unpaired) electrons. The molecule has 1 aliphatic rings. The largest absolute Gasteiger partial charge is 0.299 e. The van der Waals surface area contributed by atoms with E-state index in [4.69, 9.17) is 0 Å². The van der Waals surface area contributed by atoms with Crippen LogP contribution in [-0.4, -0.2) is 41.3 Å². The Balaban J connectivity index is 2.32. The Kier molecular flexibility index (Phi) is 5.60. The van der Waals surface area contributed by atoms with Crippen LogP contribution < -0.4 is 0 Å². The van der Waals surface area contributed by atoms with E-state index < -0.39 is 0 Å². The van der Waals surface area contributed by atoms with Crippen LogP contribution in [0.5, 0.6) is 0 Å². The number of thioether (sulfide) groups is 1. The molecule has 0 aromatic heterocycles. The summed E-state index contributed by atoms with van der Waals surface area (Å²) in [4.78, 5) is 2.63. The van der Waals surface area contributed by atoms with Crippen molar-refractivity contribution in [1.29, 1.82) is 0 Å². The van der Waals surface area contributed by atoms with Crippen LogP contribution >= 0.6 is 24.4 Å². The van der Waals surface area contributed by atoms with E-state index in [0.717, 1.165) is 17.7 Å². The van der Waals surface area contributed by atoms with Gasteiger partial charge in [-0.3, -0.25) is 4.90 Å². The van der Waals surface area contributed by atoms with E-state index in [0.29, 0.717) is 0 Å². The molecule has 1 fully saturated rings. The molecule has 1 nitrogen and oxygen atoms in total. The molecule has 0 bridgehead atoms. The molecule has 0 aromatic carbocycles. The van der Waals surface area contributed by atoms with Crippen LogP contribution in [0.15, 0.2) is 0 Å². The molecule has 1 rings (SSSR count). The first-order valence-corrected chi connectivity index (χ1v) is 6.99. The summed E-state index contributed by atoms with van der Waals surface area (Å²) in [6, 6.07) is 0.771. The smallest absolute Gasteiger partial charge is 0.0158 e. The second kappa shape index (κ2) is 6.20. The van der Waals surface area contributed by atoms with Crippen molar-refractivity contribution in [3.63, 3.8) is 0 Å². The molecule has 0 aliphatic carbocycles. The lowest BCUT2D eigenvalue weighted by Crippen LogP contribution is -2.43. The van der Waals surface area contributed by atoms with E-state index >= 15 is 0 Å². The first-order valence-electron chi connectivity index (χ1n) is 5.20. The molecule has 1 aliphatic heterocycles. The second-order valence-corrected chi connectivity index (χ2v) is 5.39. The second-order valence-electron chi connectivity index (χ2n) is 3.88. The quantitative estimate of drug-likeness (QED) is 0.723. The molecular weight excluding hydrogens is 198 g/mol. The summed E-state index contributed by atoms with van der Waals surface area (Å²) >= 11 is 6.48. The minimum atomic E-state index is 0.771. The molecule has 0 saturated carbocycles. The molecule has 2 atom stereocenters. The Morgan fingerprint density at radius 2 is 2.38 bits per heavy atom. The Bertz CT molecular complexity index is 137. The van der Waals surface area contributed by atoms with Gasteiger partial charge in [0.2, 0.25) is 0 Å². The van der Waals surface area contributed by atoms with E-state index in [1.807, 2.05) is 0 Å². The van der Waals surface area contributed by atoms with E-state index in [2.05, 4.69) is 43.1 Å². The third kappa shape index (κ3) is 3.72. The zero-order valence-electron chi connectivity index (χ0n) is 8.70. The average Bonchev–Trinajstić information content (AvgIpc) is 2.17. The van der Waals surface area contributed by atoms with E-state index in [9.17, 15) is 0 Å². The SMILES string of the molecule is CCC(CS)CN1CCSCC1C. The van der Waals surface area contributed by atoms with Crippen LogP contribution in [0.4, 0.5) is 0 Å². The summed E-state index contributed by atoms with van der Waals surface area (Å²) < 4.78 is 0. The van der Waals surface area contributed by atoms with Gasteiger partial charge in [-0.05, 0) is 18.6 Å². The lowest BCUT2D eigenvalue weighted by atomic mass is 10.1. The van der Waals surface area contributed by atoms with Crippen LogP contribution in [0.2, 0.25) is 0 Å². The predicted molar refractivity (Wildman–Crippen MR) is 66.0 cm³/mol. The topological polar surface area (TPSA) is 3.24 Å². The molecule has 78 valence electrons. The van der Waals surface area contributed by atoms with Gasteiger partial charge in [0, 0.05) is 30.6 Å².